The summed E-state index contributed by atoms with van der Waals surface area (Å²) in [5.41, 5.74) is 4.43. The molecule has 1 fully saturated rings. The Hall–Kier alpha value is -2.82. The fourth-order valence-electron chi connectivity index (χ4n) is 3.43. The van der Waals surface area contributed by atoms with Crippen molar-refractivity contribution >= 4 is 16.9 Å². The van der Waals surface area contributed by atoms with Crippen molar-refractivity contribution in [2.24, 2.45) is 5.92 Å². The van der Waals surface area contributed by atoms with E-state index >= 15 is 0 Å². The van der Waals surface area contributed by atoms with Gasteiger partial charge in [0.1, 0.15) is 11.6 Å². The number of imidazole rings is 1. The third kappa shape index (κ3) is 4.19. The highest BCUT2D eigenvalue weighted by Gasteiger charge is 2.29. The first kappa shape index (κ1) is 18.5. The van der Waals surface area contributed by atoms with Crippen LogP contribution in [0.3, 0.4) is 0 Å². The first-order valence-electron chi connectivity index (χ1n) is 10.0. The third-order valence-electron chi connectivity index (χ3n) is 5.23. The van der Waals surface area contributed by atoms with Gasteiger partial charge in [0.05, 0.1) is 24.2 Å². The number of aromatic nitrogens is 2. The summed E-state index contributed by atoms with van der Waals surface area (Å²) in [4.78, 5) is 16.7. The molecule has 146 valence electrons. The Labute approximate surface area is 165 Å². The van der Waals surface area contributed by atoms with Gasteiger partial charge in [0, 0.05) is 12.5 Å². The summed E-state index contributed by atoms with van der Waals surface area (Å²) in [6.45, 7) is 6.07. The zero-order valence-corrected chi connectivity index (χ0v) is 16.6. The molecule has 1 aromatic heterocycles. The van der Waals surface area contributed by atoms with Crippen LogP contribution in [0.2, 0.25) is 0 Å². The molecule has 0 atom stereocenters. The molecule has 1 heterocycles. The Bertz CT molecular complexity index is 989. The normalized spacial score (nSPS) is 13.6. The topological polar surface area (TPSA) is 56.1 Å². The van der Waals surface area contributed by atoms with Crippen LogP contribution in [0.25, 0.3) is 11.0 Å². The van der Waals surface area contributed by atoms with E-state index in [2.05, 4.69) is 48.0 Å². The van der Waals surface area contributed by atoms with Crippen molar-refractivity contribution < 1.29 is 9.53 Å². The first-order valence-corrected chi connectivity index (χ1v) is 10.0. The molecule has 2 aromatic carbocycles. The quantitative estimate of drug-likeness (QED) is 0.600. The third-order valence-corrected chi connectivity index (χ3v) is 5.23. The van der Waals surface area contributed by atoms with Gasteiger partial charge >= 0.3 is 0 Å². The van der Waals surface area contributed by atoms with Gasteiger partial charge in [-0.3, -0.25) is 4.79 Å². The molecule has 0 bridgehead atoms. The fourth-order valence-corrected chi connectivity index (χ4v) is 3.43. The SMILES string of the molecule is Cc1ccc(C)c(OCCCn2c(CNC(=O)C3CC3)nc3ccccc32)c1. The summed E-state index contributed by atoms with van der Waals surface area (Å²) in [7, 11) is 0. The number of rotatable bonds is 8. The Morgan fingerprint density at radius 2 is 2.04 bits per heavy atom. The molecule has 1 aliphatic rings. The highest BCUT2D eigenvalue weighted by molar-refractivity contribution is 5.81. The average molecular weight is 377 g/mol. The zero-order valence-electron chi connectivity index (χ0n) is 16.6. The van der Waals surface area contributed by atoms with Crippen LogP contribution in [0.4, 0.5) is 0 Å². The number of fused-ring (bicyclic) bond motifs is 1. The number of hydrogen-bond acceptors (Lipinski definition) is 3. The highest BCUT2D eigenvalue weighted by Crippen LogP contribution is 2.29. The molecular weight excluding hydrogens is 350 g/mol. The summed E-state index contributed by atoms with van der Waals surface area (Å²) in [6, 6.07) is 14.4. The van der Waals surface area contributed by atoms with Crippen LogP contribution in [-0.2, 0) is 17.9 Å². The molecule has 0 aliphatic heterocycles. The smallest absolute Gasteiger partial charge is 0.223 e. The second-order valence-corrected chi connectivity index (χ2v) is 7.63. The number of nitrogens with one attached hydrogen (secondary N) is 1. The molecule has 4 rings (SSSR count). The number of benzene rings is 2. The van der Waals surface area contributed by atoms with E-state index in [9.17, 15) is 4.79 Å². The number of amides is 1. The molecule has 1 N–H and O–H groups in total. The summed E-state index contributed by atoms with van der Waals surface area (Å²) in [5, 5.41) is 3.04. The van der Waals surface area contributed by atoms with Crippen molar-refractivity contribution in [1.29, 1.82) is 0 Å². The van der Waals surface area contributed by atoms with E-state index in [0.717, 1.165) is 54.0 Å². The van der Waals surface area contributed by atoms with E-state index < -0.39 is 0 Å². The molecule has 5 nitrogen and oxygen atoms in total. The number of carbonyl (C=O) groups excluding carboxylic acids is 1. The number of hydrogen-bond donors (Lipinski definition) is 1. The second-order valence-electron chi connectivity index (χ2n) is 7.63. The predicted octanol–water partition coefficient (Wildman–Crippen LogP) is 4.15. The molecule has 5 heteroatoms. The molecule has 1 amide bonds. The largest absolute Gasteiger partial charge is 0.493 e. The number of carbonyl (C=O) groups is 1. The lowest BCUT2D eigenvalue weighted by Crippen LogP contribution is -2.26. The summed E-state index contributed by atoms with van der Waals surface area (Å²) < 4.78 is 8.21. The summed E-state index contributed by atoms with van der Waals surface area (Å²) in [6.07, 6.45) is 2.90. The van der Waals surface area contributed by atoms with Crippen LogP contribution in [0.5, 0.6) is 5.75 Å². The van der Waals surface area contributed by atoms with Crippen LogP contribution < -0.4 is 10.1 Å². The van der Waals surface area contributed by atoms with Crippen LogP contribution in [-0.4, -0.2) is 22.1 Å². The van der Waals surface area contributed by atoms with Crippen molar-refractivity contribution in [3.63, 3.8) is 0 Å². The van der Waals surface area contributed by atoms with Gasteiger partial charge in [-0.25, -0.2) is 4.98 Å². The standard InChI is InChI=1S/C23H27N3O2/c1-16-8-9-17(2)21(14-16)28-13-5-12-26-20-7-4-3-6-19(20)25-22(26)15-24-23(27)18-10-11-18/h3-4,6-9,14,18H,5,10-13,15H2,1-2H3,(H,24,27). The van der Waals surface area contributed by atoms with E-state index in [-0.39, 0.29) is 11.8 Å². The van der Waals surface area contributed by atoms with Crippen molar-refractivity contribution in [2.45, 2.75) is 46.2 Å². The maximum Gasteiger partial charge on any atom is 0.223 e. The van der Waals surface area contributed by atoms with Crippen LogP contribution in [0.15, 0.2) is 42.5 Å². The molecule has 0 unspecified atom stereocenters. The van der Waals surface area contributed by atoms with Crippen LogP contribution in [0, 0.1) is 19.8 Å². The van der Waals surface area contributed by atoms with E-state index in [1.54, 1.807) is 0 Å². The van der Waals surface area contributed by atoms with E-state index in [1.807, 2.05) is 18.2 Å². The lowest BCUT2D eigenvalue weighted by atomic mass is 10.1. The first-order chi connectivity index (χ1) is 13.6. The maximum atomic E-state index is 12.0. The maximum absolute atomic E-state index is 12.0. The lowest BCUT2D eigenvalue weighted by molar-refractivity contribution is -0.122. The van der Waals surface area contributed by atoms with Gasteiger partial charge in [0.15, 0.2) is 0 Å². The monoisotopic (exact) mass is 377 g/mol. The minimum absolute atomic E-state index is 0.150. The van der Waals surface area contributed by atoms with Crippen LogP contribution in [0.1, 0.15) is 36.2 Å². The molecule has 1 aliphatic carbocycles. The molecule has 0 radical (unpaired) electrons. The van der Waals surface area contributed by atoms with Gasteiger partial charge in [-0.2, -0.15) is 0 Å². The Kier molecular flexibility index (Phi) is 5.33. The molecular formula is C23H27N3O2. The van der Waals surface area contributed by atoms with Gasteiger partial charge in [-0.05, 0) is 62.4 Å². The Morgan fingerprint density at radius 1 is 1.21 bits per heavy atom. The number of para-hydroxylation sites is 2. The minimum Gasteiger partial charge on any atom is -0.493 e. The zero-order chi connectivity index (χ0) is 19.5. The van der Waals surface area contributed by atoms with Crippen molar-refractivity contribution in [1.82, 2.24) is 14.9 Å². The second kappa shape index (κ2) is 8.05. The van der Waals surface area contributed by atoms with Gasteiger partial charge in [0.2, 0.25) is 5.91 Å². The van der Waals surface area contributed by atoms with Crippen molar-refractivity contribution in [2.75, 3.05) is 6.61 Å². The molecule has 0 saturated heterocycles. The average Bonchev–Trinajstić information content (AvgIpc) is 3.48. The molecule has 1 saturated carbocycles. The Morgan fingerprint density at radius 3 is 2.86 bits per heavy atom. The predicted molar refractivity (Wildman–Crippen MR) is 110 cm³/mol. The van der Waals surface area contributed by atoms with E-state index in [4.69, 9.17) is 9.72 Å². The number of nitrogens with zero attached hydrogens (tertiary/aromatic N) is 2. The van der Waals surface area contributed by atoms with E-state index in [1.165, 1.54) is 5.56 Å². The molecule has 28 heavy (non-hydrogen) atoms. The van der Waals surface area contributed by atoms with Gasteiger partial charge in [-0.15, -0.1) is 0 Å². The molecule has 0 spiro atoms. The Balaban J connectivity index is 1.42. The van der Waals surface area contributed by atoms with E-state index in [0.29, 0.717) is 13.2 Å². The van der Waals surface area contributed by atoms with Gasteiger partial charge in [-0.1, -0.05) is 24.3 Å². The van der Waals surface area contributed by atoms with Gasteiger partial charge < -0.3 is 14.6 Å². The summed E-state index contributed by atoms with van der Waals surface area (Å²) in [5.74, 6) is 2.22. The summed E-state index contributed by atoms with van der Waals surface area (Å²) >= 11 is 0. The van der Waals surface area contributed by atoms with Crippen molar-refractivity contribution in [3.8, 4) is 5.75 Å². The number of ether oxygens (including phenoxy) is 1. The molecule has 3 aromatic rings. The van der Waals surface area contributed by atoms with Crippen LogP contribution >= 0.6 is 0 Å². The highest BCUT2D eigenvalue weighted by atomic mass is 16.5. The fraction of sp³-hybridized carbons (Fsp3) is 0.391. The minimum atomic E-state index is 0.150. The van der Waals surface area contributed by atoms with Crippen molar-refractivity contribution in [3.05, 3.63) is 59.4 Å². The lowest BCUT2D eigenvalue weighted by Gasteiger charge is -2.12. The number of aryl methyl sites for hydroxylation is 3. The van der Waals surface area contributed by atoms with Gasteiger partial charge in [0.25, 0.3) is 0 Å².